The van der Waals surface area contributed by atoms with E-state index in [1.54, 1.807) is 0 Å². The molecule has 1 fully saturated rings. The number of nitrogens with two attached hydrogens (primary N) is 1. The Morgan fingerprint density at radius 2 is 1.65 bits per heavy atom. The zero-order valence-electron chi connectivity index (χ0n) is 13.6. The molecule has 1 unspecified atom stereocenters. The van der Waals surface area contributed by atoms with Gasteiger partial charge in [0, 0.05) is 25.3 Å². The van der Waals surface area contributed by atoms with Crippen molar-refractivity contribution in [1.29, 1.82) is 0 Å². The lowest BCUT2D eigenvalue weighted by Gasteiger charge is -2.34. The number of benzene rings is 2. The summed E-state index contributed by atoms with van der Waals surface area (Å²) >= 11 is 0. The molecule has 0 aliphatic carbocycles. The number of rotatable bonds is 5. The van der Waals surface area contributed by atoms with Crippen molar-refractivity contribution in [1.82, 2.24) is 0 Å². The molecule has 0 saturated carbocycles. The van der Waals surface area contributed by atoms with E-state index < -0.39 is 6.10 Å². The largest absolute Gasteiger partial charge is 0.387 e. The molecule has 2 aromatic carbocycles. The number of hydrogen-bond donors (Lipinski definition) is 2. The molecule has 3 N–H and O–H groups in total. The van der Waals surface area contributed by atoms with Crippen LogP contribution in [-0.4, -0.2) is 24.7 Å². The molecule has 1 atom stereocenters. The van der Waals surface area contributed by atoms with Crippen molar-refractivity contribution in [2.45, 2.75) is 25.4 Å². The molecule has 3 rings (SSSR count). The van der Waals surface area contributed by atoms with Crippen LogP contribution in [0.2, 0.25) is 0 Å². The van der Waals surface area contributed by atoms with Crippen LogP contribution in [0.4, 0.5) is 5.69 Å². The highest BCUT2D eigenvalue weighted by Gasteiger charge is 2.19. The summed E-state index contributed by atoms with van der Waals surface area (Å²) in [5.74, 6) is 0.784. The molecule has 0 spiro atoms. The Labute approximate surface area is 138 Å². The Morgan fingerprint density at radius 3 is 2.26 bits per heavy atom. The smallest absolute Gasteiger partial charge is 0.0912 e. The number of nitrogens with zero attached hydrogens (tertiary/aromatic N) is 1. The number of aliphatic hydroxyl groups is 1. The zero-order chi connectivity index (χ0) is 16.1. The normalized spacial score (nSPS) is 17.2. The molecule has 1 aliphatic heterocycles. The Kier molecular flexibility index (Phi) is 5.31. The third-order valence-electron chi connectivity index (χ3n) is 4.85. The van der Waals surface area contributed by atoms with E-state index in [4.69, 9.17) is 5.73 Å². The highest BCUT2D eigenvalue weighted by atomic mass is 16.3. The average Bonchev–Trinajstić information content (AvgIpc) is 2.63. The fourth-order valence-electron chi connectivity index (χ4n) is 3.39. The second kappa shape index (κ2) is 7.62. The molecule has 0 radical (unpaired) electrons. The van der Waals surface area contributed by atoms with Gasteiger partial charge in [-0.15, -0.1) is 0 Å². The lowest BCUT2D eigenvalue weighted by Crippen LogP contribution is -2.34. The first-order chi connectivity index (χ1) is 11.3. The maximum atomic E-state index is 9.77. The minimum atomic E-state index is -0.555. The molecule has 3 heteroatoms. The van der Waals surface area contributed by atoms with E-state index in [9.17, 15) is 5.11 Å². The summed E-state index contributed by atoms with van der Waals surface area (Å²) in [7, 11) is 0. The van der Waals surface area contributed by atoms with Crippen molar-refractivity contribution >= 4 is 5.69 Å². The quantitative estimate of drug-likeness (QED) is 0.892. The summed E-state index contributed by atoms with van der Waals surface area (Å²) in [6, 6.07) is 19.0. The monoisotopic (exact) mass is 310 g/mol. The first-order valence-corrected chi connectivity index (χ1v) is 8.53. The summed E-state index contributed by atoms with van der Waals surface area (Å²) in [6.07, 6.45) is 3.11. The van der Waals surface area contributed by atoms with Crippen LogP contribution < -0.4 is 10.6 Å². The van der Waals surface area contributed by atoms with E-state index in [-0.39, 0.29) is 6.54 Å². The van der Waals surface area contributed by atoms with Gasteiger partial charge in [-0.25, -0.2) is 0 Å². The molecule has 1 saturated heterocycles. The molecule has 2 aromatic rings. The van der Waals surface area contributed by atoms with Crippen molar-refractivity contribution in [2.24, 2.45) is 11.7 Å². The standard InChI is InChI=1S/C20H26N2O/c21-15-20(23)18-6-8-19(9-7-18)22-12-10-17(11-13-22)14-16-4-2-1-3-5-16/h1-9,17,20,23H,10-15,21H2. The molecule has 1 heterocycles. The van der Waals surface area contributed by atoms with Gasteiger partial charge in [-0.1, -0.05) is 42.5 Å². The molecule has 122 valence electrons. The topological polar surface area (TPSA) is 49.5 Å². The summed E-state index contributed by atoms with van der Waals surface area (Å²) in [6.45, 7) is 2.48. The number of anilines is 1. The number of aliphatic hydroxyl groups excluding tert-OH is 1. The summed E-state index contributed by atoms with van der Waals surface area (Å²) in [5.41, 5.74) is 9.10. The average molecular weight is 310 g/mol. The van der Waals surface area contributed by atoms with Gasteiger partial charge in [0.2, 0.25) is 0 Å². The Hall–Kier alpha value is -1.84. The van der Waals surface area contributed by atoms with E-state index >= 15 is 0 Å². The van der Waals surface area contributed by atoms with Crippen LogP contribution in [0.3, 0.4) is 0 Å². The number of piperidine rings is 1. The predicted molar refractivity (Wildman–Crippen MR) is 95.5 cm³/mol. The first-order valence-electron chi connectivity index (χ1n) is 8.53. The van der Waals surface area contributed by atoms with Crippen molar-refractivity contribution in [2.75, 3.05) is 24.5 Å². The minimum Gasteiger partial charge on any atom is -0.387 e. The molecule has 3 nitrogen and oxygen atoms in total. The maximum Gasteiger partial charge on any atom is 0.0912 e. The van der Waals surface area contributed by atoms with Gasteiger partial charge >= 0.3 is 0 Å². The van der Waals surface area contributed by atoms with Crippen LogP contribution in [0.5, 0.6) is 0 Å². The molecule has 0 amide bonds. The van der Waals surface area contributed by atoms with Gasteiger partial charge in [-0.3, -0.25) is 0 Å². The van der Waals surface area contributed by atoms with Crippen molar-refractivity contribution in [3.05, 3.63) is 65.7 Å². The van der Waals surface area contributed by atoms with Crippen LogP contribution in [0.1, 0.15) is 30.1 Å². The van der Waals surface area contributed by atoms with Crippen molar-refractivity contribution in [3.63, 3.8) is 0 Å². The van der Waals surface area contributed by atoms with Crippen molar-refractivity contribution < 1.29 is 5.11 Å². The number of hydrogen-bond acceptors (Lipinski definition) is 3. The third kappa shape index (κ3) is 4.12. The highest BCUT2D eigenvalue weighted by Crippen LogP contribution is 2.26. The molecule has 23 heavy (non-hydrogen) atoms. The van der Waals surface area contributed by atoms with Gasteiger partial charge < -0.3 is 15.7 Å². The predicted octanol–water partition coefficient (Wildman–Crippen LogP) is 3.14. The van der Waals surface area contributed by atoms with E-state index in [1.165, 1.54) is 30.5 Å². The molecule has 1 aliphatic rings. The highest BCUT2D eigenvalue weighted by molar-refractivity contribution is 5.48. The molecular formula is C20H26N2O. The van der Waals surface area contributed by atoms with Crippen LogP contribution in [0, 0.1) is 5.92 Å². The molecule has 0 aromatic heterocycles. The Morgan fingerprint density at radius 1 is 1.00 bits per heavy atom. The van der Waals surface area contributed by atoms with E-state index in [0.717, 1.165) is 24.6 Å². The SMILES string of the molecule is NCC(O)c1ccc(N2CCC(Cc3ccccc3)CC2)cc1. The lowest BCUT2D eigenvalue weighted by atomic mass is 9.90. The van der Waals surface area contributed by atoms with E-state index in [1.807, 2.05) is 12.1 Å². The molecule has 0 bridgehead atoms. The fourth-order valence-corrected chi connectivity index (χ4v) is 3.39. The first kappa shape index (κ1) is 16.0. The minimum absolute atomic E-state index is 0.268. The van der Waals surface area contributed by atoms with Gasteiger partial charge in [0.1, 0.15) is 0 Å². The van der Waals surface area contributed by atoms with E-state index in [2.05, 4.69) is 47.4 Å². The Balaban J connectivity index is 1.54. The molecular weight excluding hydrogens is 284 g/mol. The summed E-state index contributed by atoms with van der Waals surface area (Å²) < 4.78 is 0. The third-order valence-corrected chi connectivity index (χ3v) is 4.85. The van der Waals surface area contributed by atoms with Gasteiger partial charge in [0.05, 0.1) is 6.10 Å². The van der Waals surface area contributed by atoms with Crippen LogP contribution in [-0.2, 0) is 6.42 Å². The van der Waals surface area contributed by atoms with Gasteiger partial charge in [0.25, 0.3) is 0 Å². The second-order valence-corrected chi connectivity index (χ2v) is 6.46. The second-order valence-electron chi connectivity index (χ2n) is 6.46. The van der Waals surface area contributed by atoms with Gasteiger partial charge in [-0.05, 0) is 48.4 Å². The summed E-state index contributed by atoms with van der Waals surface area (Å²) in [5, 5.41) is 9.77. The van der Waals surface area contributed by atoms with Crippen LogP contribution in [0.15, 0.2) is 54.6 Å². The van der Waals surface area contributed by atoms with Gasteiger partial charge in [0.15, 0.2) is 0 Å². The lowest BCUT2D eigenvalue weighted by molar-refractivity contribution is 0.187. The van der Waals surface area contributed by atoms with Crippen molar-refractivity contribution in [3.8, 4) is 0 Å². The maximum absolute atomic E-state index is 9.77. The van der Waals surface area contributed by atoms with E-state index in [0.29, 0.717) is 0 Å². The summed E-state index contributed by atoms with van der Waals surface area (Å²) in [4.78, 5) is 2.44. The van der Waals surface area contributed by atoms with Crippen LogP contribution >= 0.6 is 0 Å². The van der Waals surface area contributed by atoms with Crippen LogP contribution in [0.25, 0.3) is 0 Å². The zero-order valence-corrected chi connectivity index (χ0v) is 13.6. The van der Waals surface area contributed by atoms with Gasteiger partial charge in [-0.2, -0.15) is 0 Å². The fraction of sp³-hybridized carbons (Fsp3) is 0.400. The Bertz CT molecular complexity index is 589.